The van der Waals surface area contributed by atoms with Crippen LogP contribution in [0.4, 0.5) is 14.4 Å². The summed E-state index contributed by atoms with van der Waals surface area (Å²) in [7, 11) is 1.56. The monoisotopic (exact) mass is 620 g/mol. The van der Waals surface area contributed by atoms with Gasteiger partial charge < -0.3 is 28.4 Å². The van der Waals surface area contributed by atoms with E-state index in [1.807, 2.05) is 12.1 Å². The van der Waals surface area contributed by atoms with Crippen molar-refractivity contribution in [3.05, 3.63) is 29.8 Å². The van der Waals surface area contributed by atoms with Gasteiger partial charge >= 0.3 is 24.3 Å². The zero-order chi connectivity index (χ0) is 33.0. The zero-order valence-corrected chi connectivity index (χ0v) is 27.6. The molecule has 1 aromatic rings. The van der Waals surface area contributed by atoms with Gasteiger partial charge in [-0.25, -0.2) is 14.4 Å². The molecule has 3 atom stereocenters. The van der Waals surface area contributed by atoms with Crippen LogP contribution in [0.3, 0.4) is 0 Å². The summed E-state index contributed by atoms with van der Waals surface area (Å²) in [6, 6.07) is 6.33. The number of carbonyl (C=O) groups excluding carboxylic acids is 4. The first-order valence-corrected chi connectivity index (χ1v) is 15.0. The lowest BCUT2D eigenvalue weighted by atomic mass is 10.0. The van der Waals surface area contributed by atoms with Gasteiger partial charge in [-0.15, -0.1) is 0 Å². The molecule has 1 aromatic carbocycles. The molecule has 12 heteroatoms. The van der Waals surface area contributed by atoms with Crippen molar-refractivity contribution < 1.29 is 47.6 Å². The van der Waals surface area contributed by atoms with Gasteiger partial charge in [-0.05, 0) is 99.3 Å². The average Bonchev–Trinajstić information content (AvgIpc) is 3.65. The Morgan fingerprint density at radius 2 is 1.39 bits per heavy atom. The maximum Gasteiger partial charge on any atom is 0.509 e. The van der Waals surface area contributed by atoms with Crippen molar-refractivity contribution in [2.24, 2.45) is 0 Å². The molecule has 2 aliphatic rings. The summed E-state index contributed by atoms with van der Waals surface area (Å²) in [5.41, 5.74) is -1.58. The third-order valence-electron chi connectivity index (χ3n) is 6.57. The minimum atomic E-state index is -1.09. The summed E-state index contributed by atoms with van der Waals surface area (Å²) in [4.78, 5) is 55.4. The molecule has 0 unspecified atom stereocenters. The molecule has 0 aromatic heterocycles. The number of methoxy groups -OCH3 is 1. The number of esters is 1. The Balaban J connectivity index is 1.93. The van der Waals surface area contributed by atoms with E-state index in [4.69, 9.17) is 28.4 Å². The molecule has 1 aliphatic heterocycles. The van der Waals surface area contributed by atoms with E-state index < -0.39 is 59.4 Å². The van der Waals surface area contributed by atoms with Gasteiger partial charge in [0.1, 0.15) is 29.1 Å². The smallest absolute Gasteiger partial charge is 0.497 e. The van der Waals surface area contributed by atoms with Crippen molar-refractivity contribution >= 4 is 24.3 Å². The minimum Gasteiger partial charge on any atom is -0.497 e. The molecule has 3 rings (SSSR count). The predicted octanol–water partition coefficient (Wildman–Crippen LogP) is 5.49. The van der Waals surface area contributed by atoms with Crippen molar-refractivity contribution in [3.8, 4) is 5.75 Å². The maximum absolute atomic E-state index is 13.5. The Labute approximate surface area is 260 Å². The van der Waals surface area contributed by atoms with Crippen molar-refractivity contribution in [1.82, 2.24) is 9.80 Å². The SMILES string of the molecule is COc1ccc(C[C@@H]2[C@H](OC(=O)CN(C(=O)OC(C)(C)C)C3CC3)[C@@H](OC(=O)OC(C)(C)C)CN2C(=O)OC(C)(C)C)cc1. The molecule has 246 valence electrons. The average molecular weight is 621 g/mol. The third-order valence-corrected chi connectivity index (χ3v) is 6.57. The van der Waals surface area contributed by atoms with Gasteiger partial charge in [0, 0.05) is 6.04 Å². The van der Waals surface area contributed by atoms with Crippen molar-refractivity contribution in [2.45, 2.75) is 123 Å². The lowest BCUT2D eigenvalue weighted by Crippen LogP contribution is -2.47. The van der Waals surface area contributed by atoms with Crippen LogP contribution < -0.4 is 4.74 Å². The number of likely N-dealkylation sites (tertiary alicyclic amines) is 1. The lowest BCUT2D eigenvalue weighted by molar-refractivity contribution is -0.157. The second-order valence-electron chi connectivity index (χ2n) is 14.2. The highest BCUT2D eigenvalue weighted by Gasteiger charge is 2.50. The van der Waals surface area contributed by atoms with Gasteiger partial charge in [-0.3, -0.25) is 14.6 Å². The maximum atomic E-state index is 13.5. The van der Waals surface area contributed by atoms with Crippen molar-refractivity contribution in [3.63, 3.8) is 0 Å². The standard InChI is InChI=1S/C32H48N2O10/c1-30(2,3)42-27(36)33(21-13-14-21)19-25(35)41-26-23(17-20-11-15-22(39-10)16-12-20)34(28(37)43-31(4,5)6)18-24(26)40-29(38)44-32(7,8)9/h11-12,15-16,21,23-24,26H,13-14,17-19H2,1-10H3/t23-,24+,26+/m1/s1. The van der Waals surface area contributed by atoms with Gasteiger partial charge in [0.15, 0.2) is 12.2 Å². The molecule has 0 radical (unpaired) electrons. The predicted molar refractivity (Wildman–Crippen MR) is 160 cm³/mol. The van der Waals surface area contributed by atoms with Crippen LogP contribution in [0.25, 0.3) is 0 Å². The molecule has 1 saturated heterocycles. The Kier molecular flexibility index (Phi) is 10.7. The van der Waals surface area contributed by atoms with E-state index >= 15 is 0 Å². The second-order valence-corrected chi connectivity index (χ2v) is 14.2. The zero-order valence-electron chi connectivity index (χ0n) is 27.6. The van der Waals surface area contributed by atoms with E-state index in [-0.39, 0.29) is 25.6 Å². The Bertz CT molecular complexity index is 1180. The molecule has 2 amide bonds. The summed E-state index contributed by atoms with van der Waals surface area (Å²) >= 11 is 0. The first-order valence-electron chi connectivity index (χ1n) is 15.0. The van der Waals surface area contributed by atoms with Gasteiger partial charge in [0.05, 0.1) is 19.7 Å². The quantitative estimate of drug-likeness (QED) is 0.272. The van der Waals surface area contributed by atoms with E-state index in [9.17, 15) is 19.2 Å². The van der Waals surface area contributed by atoms with Gasteiger partial charge in [0.2, 0.25) is 0 Å². The second kappa shape index (κ2) is 13.5. The fourth-order valence-electron chi connectivity index (χ4n) is 4.65. The number of benzene rings is 1. The first kappa shape index (κ1) is 34.8. The third kappa shape index (κ3) is 10.8. The molecular formula is C32H48N2O10. The van der Waals surface area contributed by atoms with Crippen molar-refractivity contribution in [1.29, 1.82) is 0 Å². The van der Waals surface area contributed by atoms with Crippen LogP contribution in [-0.2, 0) is 34.9 Å². The number of hydrogen-bond acceptors (Lipinski definition) is 10. The highest BCUT2D eigenvalue weighted by molar-refractivity contribution is 5.79. The van der Waals surface area contributed by atoms with Crippen molar-refractivity contribution in [2.75, 3.05) is 20.2 Å². The Morgan fingerprint density at radius 3 is 1.89 bits per heavy atom. The van der Waals surface area contributed by atoms with Gasteiger partial charge in [0.25, 0.3) is 0 Å². The van der Waals surface area contributed by atoms with E-state index in [1.165, 1.54) is 9.80 Å². The number of hydrogen-bond donors (Lipinski definition) is 0. The summed E-state index contributed by atoms with van der Waals surface area (Å²) in [5.74, 6) is -0.0723. The highest BCUT2D eigenvalue weighted by atomic mass is 16.7. The molecular weight excluding hydrogens is 572 g/mol. The van der Waals surface area contributed by atoms with Crippen LogP contribution >= 0.6 is 0 Å². The number of amides is 2. The van der Waals surface area contributed by atoms with Crippen LogP contribution in [0.15, 0.2) is 24.3 Å². The largest absolute Gasteiger partial charge is 0.509 e. The van der Waals surface area contributed by atoms with Crippen LogP contribution in [-0.4, -0.2) is 95.4 Å². The molecule has 0 bridgehead atoms. The molecule has 2 fully saturated rings. The minimum absolute atomic E-state index is 0.106. The number of nitrogens with zero attached hydrogens (tertiary/aromatic N) is 2. The van der Waals surface area contributed by atoms with Crippen LogP contribution in [0.1, 0.15) is 80.7 Å². The molecule has 1 aliphatic carbocycles. The first-order chi connectivity index (χ1) is 20.2. The van der Waals surface area contributed by atoms with Crippen LogP contribution in [0, 0.1) is 0 Å². The summed E-state index contributed by atoms with van der Waals surface area (Å²) in [5, 5.41) is 0. The molecule has 1 heterocycles. The van der Waals surface area contributed by atoms with Gasteiger partial charge in [-0.2, -0.15) is 0 Å². The molecule has 12 nitrogen and oxygen atoms in total. The van der Waals surface area contributed by atoms with E-state index in [0.717, 1.165) is 18.4 Å². The fourth-order valence-corrected chi connectivity index (χ4v) is 4.65. The summed E-state index contributed by atoms with van der Waals surface area (Å²) in [6.07, 6.45) is -2.67. The molecule has 1 saturated carbocycles. The van der Waals surface area contributed by atoms with E-state index in [2.05, 4.69) is 0 Å². The Hall–Kier alpha value is -3.70. The lowest BCUT2D eigenvalue weighted by Gasteiger charge is -2.31. The van der Waals surface area contributed by atoms with E-state index in [1.54, 1.807) is 81.6 Å². The summed E-state index contributed by atoms with van der Waals surface area (Å²) < 4.78 is 33.5. The van der Waals surface area contributed by atoms with Crippen LogP contribution in [0.5, 0.6) is 5.75 Å². The number of carbonyl (C=O) groups is 4. The summed E-state index contributed by atoms with van der Waals surface area (Å²) in [6.45, 7) is 15.1. The number of ether oxygens (including phenoxy) is 6. The highest BCUT2D eigenvalue weighted by Crippen LogP contribution is 2.32. The molecule has 44 heavy (non-hydrogen) atoms. The van der Waals surface area contributed by atoms with Gasteiger partial charge in [-0.1, -0.05) is 12.1 Å². The number of rotatable bonds is 8. The Morgan fingerprint density at radius 1 is 0.818 bits per heavy atom. The topological polar surface area (TPSA) is 130 Å². The van der Waals surface area contributed by atoms with Crippen LogP contribution in [0.2, 0.25) is 0 Å². The molecule has 0 N–H and O–H groups in total. The van der Waals surface area contributed by atoms with E-state index in [0.29, 0.717) is 5.75 Å². The fraction of sp³-hybridized carbons (Fsp3) is 0.688. The normalized spacial score (nSPS) is 20.4. The molecule has 0 spiro atoms.